The lowest BCUT2D eigenvalue weighted by Crippen LogP contribution is -2.39. The number of anilines is 2. The van der Waals surface area contributed by atoms with Gasteiger partial charge in [0.1, 0.15) is 11.4 Å². The Kier molecular flexibility index (Phi) is 8.18. The predicted octanol–water partition coefficient (Wildman–Crippen LogP) is 7.36. The van der Waals surface area contributed by atoms with Crippen LogP contribution >= 0.6 is 0 Å². The largest absolute Gasteiger partial charge is 0.376 e. The Hall–Kier alpha value is -5.47. The van der Waals surface area contributed by atoms with Gasteiger partial charge in [-0.25, -0.2) is 14.5 Å². The monoisotopic (exact) mass is 608 g/mol. The number of nitrogens with one attached hydrogen (secondary N) is 3. The summed E-state index contributed by atoms with van der Waals surface area (Å²) < 4.78 is 8.05. The van der Waals surface area contributed by atoms with Crippen LogP contribution in [0, 0.1) is 0 Å². The highest BCUT2D eigenvalue weighted by Gasteiger charge is 2.41. The number of pyridine rings is 1. The average molecular weight is 609 g/mol. The molecule has 0 saturated carbocycles. The molecule has 1 aliphatic rings. The molecule has 7 rings (SSSR count). The van der Waals surface area contributed by atoms with Crippen LogP contribution in [0.25, 0.3) is 10.9 Å². The molecule has 8 heteroatoms. The smallest absolute Gasteiger partial charge is 0.320 e. The molecule has 2 aromatic heterocycles. The second kappa shape index (κ2) is 12.9. The number of rotatable bonds is 9. The highest BCUT2D eigenvalue weighted by molar-refractivity contribution is 5.95. The van der Waals surface area contributed by atoms with Crippen molar-refractivity contribution in [2.75, 3.05) is 24.3 Å². The first-order valence-corrected chi connectivity index (χ1v) is 15.7. The summed E-state index contributed by atoms with van der Waals surface area (Å²) in [6.07, 6.45) is 3.53. The van der Waals surface area contributed by atoms with E-state index in [1.54, 1.807) is 6.20 Å². The van der Waals surface area contributed by atoms with Gasteiger partial charge in [0.05, 0.1) is 23.0 Å². The summed E-state index contributed by atoms with van der Waals surface area (Å²) in [4.78, 5) is 18.2. The zero-order chi connectivity index (χ0) is 31.3. The third-order valence-corrected chi connectivity index (χ3v) is 8.72. The zero-order valence-electron chi connectivity index (χ0n) is 25.6. The fraction of sp³-hybridized carbons (Fsp3) is 0.184. The Morgan fingerprint density at radius 2 is 1.41 bits per heavy atom. The number of aromatic nitrogens is 3. The van der Waals surface area contributed by atoms with Crippen LogP contribution in [0.2, 0.25) is 0 Å². The van der Waals surface area contributed by atoms with Gasteiger partial charge in [-0.05, 0) is 35.1 Å². The van der Waals surface area contributed by atoms with Crippen molar-refractivity contribution in [2.24, 2.45) is 0 Å². The second-order valence-electron chi connectivity index (χ2n) is 11.4. The topological polar surface area (TPSA) is 93.1 Å². The number of hydrogen-bond donors (Lipinski definition) is 3. The summed E-state index contributed by atoms with van der Waals surface area (Å²) in [5.41, 5.74) is 4.12. The van der Waals surface area contributed by atoms with Crippen molar-refractivity contribution in [2.45, 2.75) is 30.5 Å². The molecular formula is C38H36N6O2. The number of carbonyl (C=O) groups excluding carboxylic acids is 1. The summed E-state index contributed by atoms with van der Waals surface area (Å²) in [6, 6.07) is 42.4. The fourth-order valence-electron chi connectivity index (χ4n) is 6.63. The molecular weight excluding hydrogens is 572 g/mol. The summed E-state index contributed by atoms with van der Waals surface area (Å²) in [5, 5.41) is 15.5. The lowest BCUT2D eigenvalue weighted by molar-refractivity contribution is 0.0815. The molecule has 3 N–H and O–H groups in total. The van der Waals surface area contributed by atoms with Gasteiger partial charge in [0.15, 0.2) is 5.82 Å². The van der Waals surface area contributed by atoms with E-state index >= 15 is 0 Å². The highest BCUT2D eigenvalue weighted by atomic mass is 16.5. The first-order valence-electron chi connectivity index (χ1n) is 15.7. The minimum Gasteiger partial charge on any atom is -0.376 e. The third kappa shape index (κ3) is 5.37. The molecule has 0 spiro atoms. The maximum atomic E-state index is 13.5. The minimum atomic E-state index is -0.837. The van der Waals surface area contributed by atoms with Crippen LogP contribution in [-0.2, 0) is 10.3 Å². The van der Waals surface area contributed by atoms with Crippen LogP contribution in [0.3, 0.4) is 0 Å². The number of urea groups is 1. The molecule has 2 atom stereocenters. The van der Waals surface area contributed by atoms with E-state index in [4.69, 9.17) is 9.84 Å². The molecule has 230 valence electrons. The van der Waals surface area contributed by atoms with Crippen LogP contribution < -0.4 is 16.0 Å². The van der Waals surface area contributed by atoms with Crippen molar-refractivity contribution < 1.29 is 9.53 Å². The Labute approximate surface area is 268 Å². The number of nitrogens with zero attached hydrogens (tertiary/aromatic N) is 3. The Balaban J connectivity index is 1.35. The van der Waals surface area contributed by atoms with Crippen LogP contribution in [0.1, 0.15) is 41.1 Å². The quantitative estimate of drug-likeness (QED) is 0.149. The summed E-state index contributed by atoms with van der Waals surface area (Å²) in [5.74, 6) is 1.10. The number of carbonyl (C=O) groups is 1. The lowest BCUT2D eigenvalue weighted by atomic mass is 9.77. The van der Waals surface area contributed by atoms with E-state index in [1.165, 1.54) is 0 Å². The fourth-order valence-corrected chi connectivity index (χ4v) is 6.63. The van der Waals surface area contributed by atoms with Gasteiger partial charge in [-0.15, -0.1) is 0 Å². The number of ether oxygens (including phenoxy) is 1. The molecule has 0 radical (unpaired) electrons. The Bertz CT molecular complexity index is 1810. The van der Waals surface area contributed by atoms with Crippen molar-refractivity contribution in [1.82, 2.24) is 20.1 Å². The number of fused-ring (bicyclic) bond motifs is 1. The van der Waals surface area contributed by atoms with E-state index in [0.29, 0.717) is 18.2 Å². The summed E-state index contributed by atoms with van der Waals surface area (Å²) >= 11 is 0. The van der Waals surface area contributed by atoms with E-state index in [2.05, 4.69) is 98.4 Å². The van der Waals surface area contributed by atoms with E-state index in [9.17, 15) is 4.79 Å². The molecule has 8 nitrogen and oxygen atoms in total. The number of benzene rings is 4. The molecule has 4 aromatic carbocycles. The van der Waals surface area contributed by atoms with Crippen molar-refractivity contribution in [3.8, 4) is 0 Å². The van der Waals surface area contributed by atoms with Gasteiger partial charge >= 0.3 is 6.03 Å². The number of amides is 2. The molecule has 46 heavy (non-hydrogen) atoms. The summed E-state index contributed by atoms with van der Waals surface area (Å²) in [7, 11) is 1.86. The lowest BCUT2D eigenvalue weighted by Gasteiger charge is -2.37. The van der Waals surface area contributed by atoms with Gasteiger partial charge < -0.3 is 15.4 Å². The highest BCUT2D eigenvalue weighted by Crippen LogP contribution is 2.43. The minimum absolute atomic E-state index is 0.0913. The van der Waals surface area contributed by atoms with Crippen molar-refractivity contribution in [3.63, 3.8) is 0 Å². The molecule has 1 aliphatic heterocycles. The van der Waals surface area contributed by atoms with E-state index in [1.807, 2.05) is 61.6 Å². The van der Waals surface area contributed by atoms with Crippen LogP contribution in [-0.4, -0.2) is 40.6 Å². The van der Waals surface area contributed by atoms with Gasteiger partial charge in [0.2, 0.25) is 0 Å². The second-order valence-corrected chi connectivity index (χ2v) is 11.4. The molecule has 1 unspecified atom stereocenters. The average Bonchev–Trinajstić information content (AvgIpc) is 3.78. The Morgan fingerprint density at radius 3 is 1.93 bits per heavy atom. The molecule has 2 amide bonds. The van der Waals surface area contributed by atoms with Crippen LogP contribution in [0.15, 0.2) is 134 Å². The van der Waals surface area contributed by atoms with Gasteiger partial charge in [0.25, 0.3) is 0 Å². The van der Waals surface area contributed by atoms with Crippen molar-refractivity contribution in [1.29, 1.82) is 0 Å². The first kappa shape index (κ1) is 29.3. The van der Waals surface area contributed by atoms with Crippen LogP contribution in [0.4, 0.5) is 16.4 Å². The van der Waals surface area contributed by atoms with Gasteiger partial charge in [-0.1, -0.05) is 121 Å². The normalized spacial score (nSPS) is 15.4. The van der Waals surface area contributed by atoms with Gasteiger partial charge in [-0.2, -0.15) is 5.10 Å². The maximum absolute atomic E-state index is 13.5. The molecule has 1 fully saturated rings. The molecule has 1 saturated heterocycles. The SMILES string of the molecule is CNc1nn(C(c2ccccc2)(c2ccccc2)c2ccccc2)c2cc(NC(=O)NC(c3ccccc3)[C@@H]3CCCO3)ncc12. The zero-order valence-corrected chi connectivity index (χ0v) is 25.6. The third-order valence-electron chi connectivity index (χ3n) is 8.72. The van der Waals surface area contributed by atoms with Gasteiger partial charge in [-0.3, -0.25) is 5.32 Å². The van der Waals surface area contributed by atoms with Crippen LogP contribution in [0.5, 0.6) is 0 Å². The molecule has 0 bridgehead atoms. The summed E-state index contributed by atoms with van der Waals surface area (Å²) in [6.45, 7) is 0.694. The Morgan fingerprint density at radius 1 is 0.848 bits per heavy atom. The van der Waals surface area contributed by atoms with Crippen molar-refractivity contribution in [3.05, 3.63) is 156 Å². The molecule has 3 heterocycles. The van der Waals surface area contributed by atoms with Crippen molar-refractivity contribution >= 4 is 28.6 Å². The maximum Gasteiger partial charge on any atom is 0.320 e. The van der Waals surface area contributed by atoms with E-state index in [0.717, 1.165) is 46.0 Å². The standard InChI is InChI=1S/C38H36N6O2/c1-39-36-31-26-40-34(41-37(45)42-35(33-23-14-24-46-33)27-15-6-2-7-16-27)25-32(31)44(43-36)38(28-17-8-3-9-18-28,29-19-10-4-11-20-29)30-21-12-5-13-22-30/h2-13,15-22,25-26,33,35H,14,23-24H2,1H3,(H,39,43)(H2,40,41,42,45)/t33-,35?/m0/s1. The first-order chi connectivity index (χ1) is 22.7. The number of hydrogen-bond acceptors (Lipinski definition) is 5. The predicted molar refractivity (Wildman–Crippen MR) is 182 cm³/mol. The van der Waals surface area contributed by atoms with E-state index in [-0.39, 0.29) is 18.2 Å². The molecule has 0 aliphatic carbocycles. The van der Waals surface area contributed by atoms with E-state index < -0.39 is 5.54 Å². The molecule has 6 aromatic rings. The van der Waals surface area contributed by atoms with Gasteiger partial charge in [0, 0.05) is 25.9 Å².